The summed E-state index contributed by atoms with van der Waals surface area (Å²) in [5.74, 6) is -0.831. The predicted octanol–water partition coefficient (Wildman–Crippen LogP) is 2.41. The summed E-state index contributed by atoms with van der Waals surface area (Å²) in [7, 11) is 4.18. The molecule has 1 aromatic rings. The number of ether oxygens (including phenoxy) is 3. The van der Waals surface area contributed by atoms with Crippen LogP contribution in [0, 0.1) is 0 Å². The highest BCUT2D eigenvalue weighted by molar-refractivity contribution is 6.33. The molecular formula is C13H15ClO6. The van der Waals surface area contributed by atoms with E-state index in [1.54, 1.807) is 0 Å². The topological polar surface area (TPSA) is 82.1 Å². The van der Waals surface area contributed by atoms with Crippen LogP contribution in [0.1, 0.15) is 23.2 Å². The van der Waals surface area contributed by atoms with Gasteiger partial charge in [0.1, 0.15) is 0 Å². The molecule has 0 aliphatic heterocycles. The standard InChI is InChI=1S/C13H15ClO6/c1-18-11-7(9(15)4-5-10(16)17)6-8(14)12(19-2)13(11)20-3/h6H,4-5H2,1-3H3,(H,16,17). The van der Waals surface area contributed by atoms with Crippen molar-refractivity contribution in [3.63, 3.8) is 0 Å². The van der Waals surface area contributed by atoms with Gasteiger partial charge in [-0.15, -0.1) is 0 Å². The molecule has 0 radical (unpaired) electrons. The number of aliphatic carboxylic acids is 1. The third kappa shape index (κ3) is 3.33. The molecule has 0 saturated heterocycles. The van der Waals surface area contributed by atoms with Crippen LogP contribution in [0.15, 0.2) is 6.07 Å². The Kier molecular flexibility index (Phi) is 5.64. The molecule has 0 aromatic heterocycles. The van der Waals surface area contributed by atoms with Crippen molar-refractivity contribution in [2.24, 2.45) is 0 Å². The molecule has 0 amide bonds. The number of methoxy groups -OCH3 is 3. The van der Waals surface area contributed by atoms with Crippen LogP contribution in [-0.2, 0) is 4.79 Å². The molecule has 6 nitrogen and oxygen atoms in total. The van der Waals surface area contributed by atoms with Crippen molar-refractivity contribution in [2.45, 2.75) is 12.8 Å². The lowest BCUT2D eigenvalue weighted by atomic mass is 10.0. The summed E-state index contributed by atoms with van der Waals surface area (Å²) in [6.07, 6.45) is -0.425. The van der Waals surface area contributed by atoms with Crippen molar-refractivity contribution in [2.75, 3.05) is 21.3 Å². The van der Waals surface area contributed by atoms with Crippen LogP contribution < -0.4 is 14.2 Å². The van der Waals surface area contributed by atoms with Crippen molar-refractivity contribution in [1.82, 2.24) is 0 Å². The van der Waals surface area contributed by atoms with Crippen molar-refractivity contribution >= 4 is 23.4 Å². The van der Waals surface area contributed by atoms with E-state index in [-0.39, 0.29) is 40.7 Å². The number of hydrogen-bond donors (Lipinski definition) is 1. The minimum absolute atomic E-state index is 0.155. The number of carbonyl (C=O) groups is 2. The van der Waals surface area contributed by atoms with Crippen molar-refractivity contribution in [3.05, 3.63) is 16.7 Å². The zero-order valence-corrected chi connectivity index (χ0v) is 12.1. The van der Waals surface area contributed by atoms with Gasteiger partial charge in [-0.25, -0.2) is 0 Å². The molecule has 1 rings (SSSR count). The number of halogens is 1. The molecule has 0 fully saturated rings. The Morgan fingerprint density at radius 3 is 2.05 bits per heavy atom. The highest BCUT2D eigenvalue weighted by Crippen LogP contribution is 2.45. The monoisotopic (exact) mass is 302 g/mol. The first kappa shape index (κ1) is 16.1. The van der Waals surface area contributed by atoms with Crippen LogP contribution in [0.4, 0.5) is 0 Å². The Morgan fingerprint density at radius 1 is 1.05 bits per heavy atom. The lowest BCUT2D eigenvalue weighted by molar-refractivity contribution is -0.136. The maximum atomic E-state index is 12.1. The fraction of sp³-hybridized carbons (Fsp3) is 0.385. The number of benzene rings is 1. The molecule has 7 heteroatoms. The molecule has 1 N–H and O–H groups in total. The van der Waals surface area contributed by atoms with E-state index in [1.165, 1.54) is 27.4 Å². The second kappa shape index (κ2) is 7.00. The fourth-order valence-corrected chi connectivity index (χ4v) is 2.00. The van der Waals surface area contributed by atoms with Crippen LogP contribution in [0.3, 0.4) is 0 Å². The molecule has 110 valence electrons. The average molecular weight is 303 g/mol. The van der Waals surface area contributed by atoms with Gasteiger partial charge in [-0.2, -0.15) is 0 Å². The Labute approximate surface area is 121 Å². The van der Waals surface area contributed by atoms with Gasteiger partial charge in [-0.1, -0.05) is 11.6 Å². The SMILES string of the molecule is COc1c(Cl)cc(C(=O)CCC(=O)O)c(OC)c1OC. The first-order chi connectivity index (χ1) is 9.46. The molecule has 0 aliphatic rings. The Hall–Kier alpha value is -1.95. The zero-order valence-electron chi connectivity index (χ0n) is 11.4. The molecule has 0 heterocycles. The highest BCUT2D eigenvalue weighted by atomic mass is 35.5. The largest absolute Gasteiger partial charge is 0.492 e. The normalized spacial score (nSPS) is 10.0. The minimum Gasteiger partial charge on any atom is -0.492 e. The summed E-state index contributed by atoms with van der Waals surface area (Å²) in [6, 6.07) is 1.38. The lowest BCUT2D eigenvalue weighted by Crippen LogP contribution is -2.07. The Morgan fingerprint density at radius 2 is 1.60 bits per heavy atom. The van der Waals surface area contributed by atoms with Gasteiger partial charge in [0.2, 0.25) is 5.75 Å². The van der Waals surface area contributed by atoms with E-state index < -0.39 is 11.8 Å². The molecule has 20 heavy (non-hydrogen) atoms. The molecular weight excluding hydrogens is 288 g/mol. The maximum absolute atomic E-state index is 12.1. The van der Waals surface area contributed by atoms with Gasteiger partial charge in [0.15, 0.2) is 17.3 Å². The highest BCUT2D eigenvalue weighted by Gasteiger charge is 2.23. The number of Topliss-reactive ketones (excluding diaryl/α,β-unsaturated/α-hetero) is 1. The molecule has 1 aromatic carbocycles. The van der Waals surface area contributed by atoms with Crippen LogP contribution in [0.2, 0.25) is 5.02 Å². The second-order valence-electron chi connectivity index (χ2n) is 3.82. The van der Waals surface area contributed by atoms with Gasteiger partial charge in [0, 0.05) is 6.42 Å². The summed E-state index contributed by atoms with van der Waals surface area (Å²) in [5.41, 5.74) is 0.163. The molecule has 0 aliphatic carbocycles. The number of carboxylic acid groups (broad SMARTS) is 1. The van der Waals surface area contributed by atoms with Crippen molar-refractivity contribution < 1.29 is 28.9 Å². The van der Waals surface area contributed by atoms with Crippen molar-refractivity contribution in [3.8, 4) is 17.2 Å². The zero-order chi connectivity index (χ0) is 15.3. The number of hydrogen-bond acceptors (Lipinski definition) is 5. The van der Waals surface area contributed by atoms with E-state index in [1.807, 2.05) is 0 Å². The first-order valence-corrected chi connectivity index (χ1v) is 6.07. The maximum Gasteiger partial charge on any atom is 0.303 e. The van der Waals surface area contributed by atoms with Gasteiger partial charge in [0.05, 0.1) is 38.3 Å². The number of rotatable bonds is 7. The molecule has 0 bridgehead atoms. The van der Waals surface area contributed by atoms with E-state index in [0.29, 0.717) is 0 Å². The average Bonchev–Trinajstić information content (AvgIpc) is 2.43. The quantitative estimate of drug-likeness (QED) is 0.779. The Balaban J connectivity index is 3.29. The van der Waals surface area contributed by atoms with E-state index >= 15 is 0 Å². The summed E-state index contributed by atoms with van der Waals surface area (Å²) in [4.78, 5) is 22.6. The molecule has 0 spiro atoms. The predicted molar refractivity (Wildman–Crippen MR) is 72.3 cm³/mol. The molecule has 0 unspecified atom stereocenters. The van der Waals surface area contributed by atoms with Crippen LogP contribution >= 0.6 is 11.6 Å². The van der Waals surface area contributed by atoms with Gasteiger partial charge < -0.3 is 19.3 Å². The fourth-order valence-electron chi connectivity index (χ4n) is 1.73. The smallest absolute Gasteiger partial charge is 0.303 e. The van der Waals surface area contributed by atoms with Gasteiger partial charge >= 0.3 is 5.97 Å². The number of carbonyl (C=O) groups excluding carboxylic acids is 1. The van der Waals surface area contributed by atoms with Crippen LogP contribution in [-0.4, -0.2) is 38.2 Å². The van der Waals surface area contributed by atoms with Gasteiger partial charge in [-0.3, -0.25) is 9.59 Å². The van der Waals surface area contributed by atoms with E-state index in [9.17, 15) is 9.59 Å². The molecule has 0 atom stereocenters. The number of ketones is 1. The lowest BCUT2D eigenvalue weighted by Gasteiger charge is -2.16. The molecule has 0 saturated carbocycles. The van der Waals surface area contributed by atoms with E-state index in [0.717, 1.165) is 0 Å². The summed E-state index contributed by atoms with van der Waals surface area (Å²) in [6.45, 7) is 0. The third-order valence-electron chi connectivity index (χ3n) is 2.62. The van der Waals surface area contributed by atoms with Crippen LogP contribution in [0.5, 0.6) is 17.2 Å². The third-order valence-corrected chi connectivity index (χ3v) is 2.90. The summed E-state index contributed by atoms with van der Waals surface area (Å²) in [5, 5.41) is 8.80. The summed E-state index contributed by atoms with van der Waals surface area (Å²) < 4.78 is 15.4. The minimum atomic E-state index is -1.05. The van der Waals surface area contributed by atoms with E-state index in [2.05, 4.69) is 0 Å². The van der Waals surface area contributed by atoms with Gasteiger partial charge in [-0.05, 0) is 6.07 Å². The summed E-state index contributed by atoms with van der Waals surface area (Å²) >= 11 is 6.02. The Bertz CT molecular complexity index is 526. The van der Waals surface area contributed by atoms with Gasteiger partial charge in [0.25, 0.3) is 0 Å². The van der Waals surface area contributed by atoms with Crippen molar-refractivity contribution in [1.29, 1.82) is 0 Å². The van der Waals surface area contributed by atoms with Crippen LogP contribution in [0.25, 0.3) is 0 Å². The van der Waals surface area contributed by atoms with E-state index in [4.69, 9.17) is 30.9 Å². The number of carboxylic acids is 1. The second-order valence-corrected chi connectivity index (χ2v) is 4.23. The first-order valence-electron chi connectivity index (χ1n) is 5.69.